The SMILES string of the molecule is O=C(O)c1cc(-c2cc(CI)c3c(c2)CN(C2CC2)C3)ncn1. The molecule has 0 atom stereocenters. The molecular weight excluding hydrogens is 405 g/mol. The summed E-state index contributed by atoms with van der Waals surface area (Å²) in [5.41, 5.74) is 5.83. The van der Waals surface area contributed by atoms with Gasteiger partial charge >= 0.3 is 5.97 Å². The van der Waals surface area contributed by atoms with Gasteiger partial charge in [0.05, 0.1) is 5.69 Å². The van der Waals surface area contributed by atoms with Crippen LogP contribution >= 0.6 is 22.6 Å². The Morgan fingerprint density at radius 1 is 1.26 bits per heavy atom. The zero-order chi connectivity index (χ0) is 16.0. The van der Waals surface area contributed by atoms with E-state index in [2.05, 4.69) is 49.6 Å². The van der Waals surface area contributed by atoms with Crippen molar-refractivity contribution in [2.75, 3.05) is 0 Å². The smallest absolute Gasteiger partial charge is 0.354 e. The van der Waals surface area contributed by atoms with Crippen molar-refractivity contribution in [3.8, 4) is 11.3 Å². The van der Waals surface area contributed by atoms with E-state index in [-0.39, 0.29) is 5.69 Å². The zero-order valence-electron chi connectivity index (χ0n) is 12.5. The Morgan fingerprint density at radius 2 is 2.09 bits per heavy atom. The van der Waals surface area contributed by atoms with Crippen molar-refractivity contribution < 1.29 is 9.90 Å². The van der Waals surface area contributed by atoms with E-state index in [0.29, 0.717) is 5.69 Å². The average molecular weight is 421 g/mol. The number of benzene rings is 1. The van der Waals surface area contributed by atoms with Crippen LogP contribution in [0.5, 0.6) is 0 Å². The second kappa shape index (κ2) is 5.83. The highest BCUT2D eigenvalue weighted by molar-refractivity contribution is 14.1. The number of carboxylic acids is 1. The lowest BCUT2D eigenvalue weighted by molar-refractivity contribution is 0.0690. The molecule has 1 N–H and O–H groups in total. The lowest BCUT2D eigenvalue weighted by Crippen LogP contribution is -2.18. The van der Waals surface area contributed by atoms with Crippen LogP contribution in [-0.4, -0.2) is 32.0 Å². The molecule has 1 aliphatic carbocycles. The van der Waals surface area contributed by atoms with Gasteiger partial charge in [0.2, 0.25) is 0 Å². The van der Waals surface area contributed by atoms with E-state index in [4.69, 9.17) is 5.11 Å². The molecule has 118 valence electrons. The van der Waals surface area contributed by atoms with Crippen LogP contribution in [0.1, 0.15) is 40.0 Å². The minimum atomic E-state index is -1.02. The minimum absolute atomic E-state index is 0.0335. The Bertz CT molecular complexity index is 789. The van der Waals surface area contributed by atoms with Crippen LogP contribution in [0.25, 0.3) is 11.3 Å². The highest BCUT2D eigenvalue weighted by Crippen LogP contribution is 2.38. The van der Waals surface area contributed by atoms with E-state index >= 15 is 0 Å². The van der Waals surface area contributed by atoms with E-state index in [1.165, 1.54) is 35.9 Å². The van der Waals surface area contributed by atoms with E-state index in [9.17, 15) is 4.79 Å². The maximum Gasteiger partial charge on any atom is 0.354 e. The standard InChI is InChI=1S/C17H16IN3O2/c18-6-11-3-10(15-5-16(17(22)23)20-9-19-15)4-12-7-21(8-14(11)12)13-1-2-13/h3-5,9,13H,1-2,6-8H2,(H,22,23). The first-order chi connectivity index (χ1) is 11.2. The number of fused-ring (bicyclic) bond motifs is 1. The molecule has 4 rings (SSSR count). The van der Waals surface area contributed by atoms with Crippen LogP contribution in [0.15, 0.2) is 24.5 Å². The summed E-state index contributed by atoms with van der Waals surface area (Å²) in [5, 5.41) is 9.12. The predicted octanol–water partition coefficient (Wildman–Crippen LogP) is 3.25. The van der Waals surface area contributed by atoms with E-state index < -0.39 is 5.97 Å². The Morgan fingerprint density at radius 3 is 2.78 bits per heavy atom. The maximum atomic E-state index is 11.1. The molecule has 5 nitrogen and oxygen atoms in total. The van der Waals surface area contributed by atoms with Crippen molar-refractivity contribution in [2.45, 2.75) is 36.4 Å². The summed E-state index contributed by atoms with van der Waals surface area (Å²) >= 11 is 2.39. The van der Waals surface area contributed by atoms with Gasteiger partial charge in [0, 0.05) is 29.1 Å². The summed E-state index contributed by atoms with van der Waals surface area (Å²) in [7, 11) is 0. The second-order valence-corrected chi connectivity index (χ2v) is 6.90. The Labute approximate surface area is 147 Å². The predicted molar refractivity (Wildman–Crippen MR) is 94.4 cm³/mol. The van der Waals surface area contributed by atoms with Gasteiger partial charge in [0.25, 0.3) is 0 Å². The quantitative estimate of drug-likeness (QED) is 0.607. The van der Waals surface area contributed by atoms with Crippen LogP contribution in [0.4, 0.5) is 0 Å². The fourth-order valence-corrected chi connectivity index (χ4v) is 3.90. The third-order valence-electron chi connectivity index (χ3n) is 4.56. The highest BCUT2D eigenvalue weighted by atomic mass is 127. The largest absolute Gasteiger partial charge is 0.477 e. The first kappa shape index (κ1) is 15.0. The van der Waals surface area contributed by atoms with E-state index in [0.717, 1.165) is 29.1 Å². The number of nitrogens with zero attached hydrogens (tertiary/aromatic N) is 3. The molecule has 1 aromatic carbocycles. The maximum absolute atomic E-state index is 11.1. The molecule has 23 heavy (non-hydrogen) atoms. The van der Waals surface area contributed by atoms with Gasteiger partial charge in [-0.05, 0) is 47.7 Å². The lowest BCUT2D eigenvalue weighted by atomic mass is 9.99. The summed E-state index contributed by atoms with van der Waals surface area (Å²) < 4.78 is 0.948. The molecule has 0 bridgehead atoms. The number of carboxylic acid groups (broad SMARTS) is 1. The fraction of sp³-hybridized carbons (Fsp3) is 0.353. The molecule has 1 aliphatic heterocycles. The molecule has 1 fully saturated rings. The van der Waals surface area contributed by atoms with Gasteiger partial charge < -0.3 is 5.11 Å². The van der Waals surface area contributed by atoms with Crippen LogP contribution in [0, 0.1) is 0 Å². The fourth-order valence-electron chi connectivity index (χ4n) is 3.22. The second-order valence-electron chi connectivity index (χ2n) is 6.14. The summed E-state index contributed by atoms with van der Waals surface area (Å²) in [6.45, 7) is 2.04. The van der Waals surface area contributed by atoms with Gasteiger partial charge in [-0.3, -0.25) is 4.90 Å². The summed E-state index contributed by atoms with van der Waals surface area (Å²) in [5.74, 6) is -1.02. The summed E-state index contributed by atoms with van der Waals surface area (Å²) in [6.07, 6.45) is 3.95. The molecule has 1 saturated carbocycles. The summed E-state index contributed by atoms with van der Waals surface area (Å²) in [4.78, 5) is 21.7. The van der Waals surface area contributed by atoms with Crippen LogP contribution < -0.4 is 0 Å². The monoisotopic (exact) mass is 421 g/mol. The van der Waals surface area contributed by atoms with Gasteiger partial charge in [-0.2, -0.15) is 0 Å². The van der Waals surface area contributed by atoms with E-state index in [1.54, 1.807) is 6.07 Å². The van der Waals surface area contributed by atoms with Gasteiger partial charge in [-0.15, -0.1) is 0 Å². The van der Waals surface area contributed by atoms with Crippen molar-refractivity contribution in [3.63, 3.8) is 0 Å². The summed E-state index contributed by atoms with van der Waals surface area (Å²) in [6, 6.07) is 6.62. The molecule has 6 heteroatoms. The third-order valence-corrected chi connectivity index (χ3v) is 5.38. The number of carbonyl (C=O) groups is 1. The van der Waals surface area contributed by atoms with Crippen LogP contribution in [0.3, 0.4) is 0 Å². The molecule has 2 heterocycles. The average Bonchev–Trinajstić information content (AvgIpc) is 3.33. The van der Waals surface area contributed by atoms with Crippen molar-refractivity contribution in [2.24, 2.45) is 0 Å². The number of rotatable bonds is 4. The third kappa shape index (κ3) is 2.85. The van der Waals surface area contributed by atoms with Crippen molar-refractivity contribution >= 4 is 28.6 Å². The highest BCUT2D eigenvalue weighted by Gasteiger charge is 2.34. The number of aromatic nitrogens is 2. The molecule has 0 unspecified atom stereocenters. The Kier molecular flexibility index (Phi) is 3.81. The zero-order valence-corrected chi connectivity index (χ0v) is 14.7. The first-order valence-electron chi connectivity index (χ1n) is 7.66. The van der Waals surface area contributed by atoms with Crippen molar-refractivity contribution in [3.05, 3.63) is 46.9 Å². The van der Waals surface area contributed by atoms with Gasteiger partial charge in [0.15, 0.2) is 5.69 Å². The number of hydrogen-bond donors (Lipinski definition) is 1. The molecule has 2 aliphatic rings. The molecule has 2 aromatic rings. The molecular formula is C17H16IN3O2. The minimum Gasteiger partial charge on any atom is -0.477 e. The number of alkyl halides is 1. The lowest BCUT2D eigenvalue weighted by Gasteiger charge is -2.12. The van der Waals surface area contributed by atoms with Gasteiger partial charge in [-0.25, -0.2) is 14.8 Å². The molecule has 0 spiro atoms. The van der Waals surface area contributed by atoms with E-state index in [1.807, 2.05) is 0 Å². The molecule has 0 radical (unpaired) electrons. The topological polar surface area (TPSA) is 66.3 Å². The normalized spacial score (nSPS) is 17.3. The van der Waals surface area contributed by atoms with Crippen LogP contribution in [-0.2, 0) is 17.5 Å². The Balaban J connectivity index is 1.74. The van der Waals surface area contributed by atoms with Gasteiger partial charge in [0.1, 0.15) is 6.33 Å². The molecule has 0 saturated heterocycles. The molecule has 0 amide bonds. The number of halogens is 1. The number of hydrogen-bond acceptors (Lipinski definition) is 4. The number of aromatic carboxylic acids is 1. The Hall–Kier alpha value is -1.54. The first-order valence-corrected chi connectivity index (χ1v) is 9.18. The van der Waals surface area contributed by atoms with Crippen molar-refractivity contribution in [1.82, 2.24) is 14.9 Å². The van der Waals surface area contributed by atoms with Crippen molar-refractivity contribution in [1.29, 1.82) is 0 Å². The van der Waals surface area contributed by atoms with Crippen LogP contribution in [0.2, 0.25) is 0 Å². The van der Waals surface area contributed by atoms with Gasteiger partial charge in [-0.1, -0.05) is 22.6 Å². The molecule has 1 aromatic heterocycles.